The van der Waals surface area contributed by atoms with Crippen LogP contribution in [-0.4, -0.2) is 11.8 Å². The van der Waals surface area contributed by atoms with Crippen LogP contribution in [0.4, 0.5) is 5.69 Å². The fraction of sp³-hybridized carbons (Fsp3) is 0.176. The summed E-state index contributed by atoms with van der Waals surface area (Å²) in [4.78, 5) is 23.7. The highest BCUT2D eigenvalue weighted by Gasteiger charge is 2.14. The number of carbonyl (C=O) groups excluding carboxylic acids is 2. The van der Waals surface area contributed by atoms with Crippen molar-refractivity contribution in [2.75, 3.05) is 5.32 Å². The Bertz CT molecular complexity index is 715. The van der Waals surface area contributed by atoms with Gasteiger partial charge in [-0.05, 0) is 35.7 Å². The smallest absolute Gasteiger partial charge is 0.313 e. The lowest BCUT2D eigenvalue weighted by Crippen LogP contribution is -2.35. The molecule has 0 saturated carbocycles. The van der Waals surface area contributed by atoms with Gasteiger partial charge >= 0.3 is 11.8 Å². The number of amides is 2. The number of aryl methyl sites for hydroxylation is 1. The Morgan fingerprint density at radius 2 is 1.61 bits per heavy atom. The molecule has 0 radical (unpaired) electrons. The summed E-state index contributed by atoms with van der Waals surface area (Å²) in [6.45, 7) is 2.35. The maximum absolute atomic E-state index is 11.9. The summed E-state index contributed by atoms with van der Waals surface area (Å²) >= 11 is 11.7. The number of nitrogens with one attached hydrogen (secondary N) is 2. The van der Waals surface area contributed by atoms with Crippen LogP contribution in [0, 0.1) is 0 Å². The summed E-state index contributed by atoms with van der Waals surface area (Å²) in [7, 11) is 0. The molecular formula is C17H16Cl2N2O2. The van der Waals surface area contributed by atoms with Crippen LogP contribution in [0.5, 0.6) is 0 Å². The predicted molar refractivity (Wildman–Crippen MR) is 92.8 cm³/mol. The first-order chi connectivity index (χ1) is 11.0. The maximum atomic E-state index is 11.9. The Kier molecular flexibility index (Phi) is 6.02. The Hall–Kier alpha value is -2.04. The molecule has 0 aliphatic heterocycles. The molecular weight excluding hydrogens is 335 g/mol. The van der Waals surface area contributed by atoms with Crippen LogP contribution in [-0.2, 0) is 22.6 Å². The quantitative estimate of drug-likeness (QED) is 0.823. The van der Waals surface area contributed by atoms with Gasteiger partial charge in [0.25, 0.3) is 0 Å². The molecule has 2 aromatic carbocycles. The minimum Gasteiger partial charge on any atom is -0.344 e. The van der Waals surface area contributed by atoms with Gasteiger partial charge in [-0.2, -0.15) is 0 Å². The van der Waals surface area contributed by atoms with E-state index in [9.17, 15) is 9.59 Å². The molecule has 2 N–H and O–H groups in total. The van der Waals surface area contributed by atoms with Crippen molar-refractivity contribution in [2.24, 2.45) is 0 Å². The number of halogens is 2. The number of hydrogen-bond donors (Lipinski definition) is 2. The lowest BCUT2D eigenvalue weighted by Gasteiger charge is -2.08. The Balaban J connectivity index is 1.90. The zero-order chi connectivity index (χ0) is 16.8. The van der Waals surface area contributed by atoms with E-state index in [1.807, 2.05) is 24.3 Å². The predicted octanol–water partition coefficient (Wildman–Crippen LogP) is 3.81. The molecule has 0 atom stereocenters. The highest BCUT2D eigenvalue weighted by atomic mass is 35.5. The maximum Gasteiger partial charge on any atom is 0.313 e. The average molecular weight is 351 g/mol. The van der Waals surface area contributed by atoms with Crippen molar-refractivity contribution in [1.29, 1.82) is 0 Å². The third kappa shape index (κ3) is 4.98. The van der Waals surface area contributed by atoms with Gasteiger partial charge in [0.2, 0.25) is 0 Å². The normalized spacial score (nSPS) is 10.2. The molecule has 0 aliphatic rings. The van der Waals surface area contributed by atoms with E-state index in [1.165, 1.54) is 11.6 Å². The molecule has 0 aromatic heterocycles. The SMILES string of the molecule is CCc1ccc(CNC(=O)C(=O)Nc2ccc(Cl)cc2Cl)cc1. The molecule has 23 heavy (non-hydrogen) atoms. The Labute approximate surface area is 144 Å². The second-order valence-electron chi connectivity index (χ2n) is 4.93. The average Bonchev–Trinajstić information content (AvgIpc) is 2.55. The van der Waals surface area contributed by atoms with Gasteiger partial charge in [0, 0.05) is 11.6 Å². The Morgan fingerprint density at radius 3 is 2.22 bits per heavy atom. The zero-order valence-electron chi connectivity index (χ0n) is 12.5. The Morgan fingerprint density at radius 1 is 0.957 bits per heavy atom. The van der Waals surface area contributed by atoms with E-state index in [2.05, 4.69) is 17.6 Å². The van der Waals surface area contributed by atoms with Crippen molar-refractivity contribution in [3.63, 3.8) is 0 Å². The molecule has 0 saturated heterocycles. The molecule has 0 unspecified atom stereocenters. The van der Waals surface area contributed by atoms with Gasteiger partial charge in [-0.25, -0.2) is 0 Å². The molecule has 0 bridgehead atoms. The summed E-state index contributed by atoms with van der Waals surface area (Å²) in [5.41, 5.74) is 2.48. The van der Waals surface area contributed by atoms with E-state index in [0.29, 0.717) is 10.7 Å². The van der Waals surface area contributed by atoms with Gasteiger partial charge in [0.05, 0.1) is 10.7 Å². The fourth-order valence-electron chi connectivity index (χ4n) is 1.93. The minimum absolute atomic E-state index is 0.272. The summed E-state index contributed by atoms with van der Waals surface area (Å²) in [5, 5.41) is 5.74. The van der Waals surface area contributed by atoms with E-state index in [4.69, 9.17) is 23.2 Å². The molecule has 0 spiro atoms. The van der Waals surface area contributed by atoms with Gasteiger partial charge in [-0.3, -0.25) is 9.59 Å². The number of carbonyl (C=O) groups is 2. The summed E-state index contributed by atoms with van der Waals surface area (Å²) in [6.07, 6.45) is 0.955. The molecule has 6 heteroatoms. The lowest BCUT2D eigenvalue weighted by atomic mass is 10.1. The number of hydrogen-bond acceptors (Lipinski definition) is 2. The monoisotopic (exact) mass is 350 g/mol. The fourth-order valence-corrected chi connectivity index (χ4v) is 2.38. The van der Waals surface area contributed by atoms with Gasteiger partial charge in [-0.1, -0.05) is 54.4 Å². The van der Waals surface area contributed by atoms with E-state index >= 15 is 0 Å². The second kappa shape index (κ2) is 7.99. The molecule has 2 amide bonds. The molecule has 0 heterocycles. The molecule has 0 aliphatic carbocycles. The van der Waals surface area contributed by atoms with Crippen LogP contribution >= 0.6 is 23.2 Å². The van der Waals surface area contributed by atoms with Crippen molar-refractivity contribution >= 4 is 40.7 Å². The summed E-state index contributed by atoms with van der Waals surface area (Å²) in [6, 6.07) is 12.5. The van der Waals surface area contributed by atoms with Crippen molar-refractivity contribution in [3.05, 3.63) is 63.6 Å². The minimum atomic E-state index is -0.778. The number of benzene rings is 2. The van der Waals surface area contributed by atoms with Crippen LogP contribution in [0.2, 0.25) is 10.0 Å². The van der Waals surface area contributed by atoms with E-state index in [-0.39, 0.29) is 11.6 Å². The van der Waals surface area contributed by atoms with Crippen LogP contribution in [0.25, 0.3) is 0 Å². The molecule has 2 rings (SSSR count). The van der Waals surface area contributed by atoms with Crippen LogP contribution in [0.15, 0.2) is 42.5 Å². The van der Waals surface area contributed by atoms with Crippen molar-refractivity contribution < 1.29 is 9.59 Å². The van der Waals surface area contributed by atoms with E-state index < -0.39 is 11.8 Å². The van der Waals surface area contributed by atoms with Gasteiger partial charge in [-0.15, -0.1) is 0 Å². The molecule has 0 fully saturated rings. The van der Waals surface area contributed by atoms with Crippen LogP contribution in [0.1, 0.15) is 18.1 Å². The van der Waals surface area contributed by atoms with Crippen molar-refractivity contribution in [3.8, 4) is 0 Å². The number of rotatable bonds is 4. The third-order valence-electron chi connectivity index (χ3n) is 3.27. The van der Waals surface area contributed by atoms with Gasteiger partial charge in [0.15, 0.2) is 0 Å². The highest BCUT2D eigenvalue weighted by Crippen LogP contribution is 2.25. The van der Waals surface area contributed by atoms with Crippen molar-refractivity contribution in [1.82, 2.24) is 5.32 Å². The molecule has 4 nitrogen and oxygen atoms in total. The highest BCUT2D eigenvalue weighted by molar-refractivity contribution is 6.42. The zero-order valence-corrected chi connectivity index (χ0v) is 14.0. The summed E-state index contributed by atoms with van der Waals surface area (Å²) in [5.74, 6) is -1.50. The largest absolute Gasteiger partial charge is 0.344 e. The van der Waals surface area contributed by atoms with E-state index in [1.54, 1.807) is 12.1 Å². The number of anilines is 1. The first kappa shape index (κ1) is 17.3. The second-order valence-corrected chi connectivity index (χ2v) is 5.77. The standard InChI is InChI=1S/C17H16Cl2N2O2/c1-2-11-3-5-12(6-4-11)10-20-16(22)17(23)21-15-8-7-13(18)9-14(15)19/h3-9H,2,10H2,1H3,(H,20,22)(H,21,23). The lowest BCUT2D eigenvalue weighted by molar-refractivity contribution is -0.136. The van der Waals surface area contributed by atoms with Gasteiger partial charge < -0.3 is 10.6 Å². The van der Waals surface area contributed by atoms with Crippen LogP contribution in [0.3, 0.4) is 0 Å². The topological polar surface area (TPSA) is 58.2 Å². The first-order valence-corrected chi connectivity index (χ1v) is 7.87. The third-order valence-corrected chi connectivity index (χ3v) is 3.82. The van der Waals surface area contributed by atoms with Crippen LogP contribution < -0.4 is 10.6 Å². The molecule has 2 aromatic rings. The first-order valence-electron chi connectivity index (χ1n) is 7.11. The van der Waals surface area contributed by atoms with E-state index in [0.717, 1.165) is 12.0 Å². The summed E-state index contributed by atoms with van der Waals surface area (Å²) < 4.78 is 0. The van der Waals surface area contributed by atoms with Gasteiger partial charge in [0.1, 0.15) is 0 Å². The van der Waals surface area contributed by atoms with Crippen molar-refractivity contribution in [2.45, 2.75) is 19.9 Å². The molecule has 120 valence electrons.